The monoisotopic (exact) mass is 259 g/mol. The fourth-order valence-corrected chi connectivity index (χ4v) is 3.49. The highest BCUT2D eigenvalue weighted by Crippen LogP contribution is 2.29. The van der Waals surface area contributed by atoms with Crippen LogP contribution in [0.4, 0.5) is 11.4 Å². The van der Waals surface area contributed by atoms with Crippen LogP contribution in [0.1, 0.15) is 25.7 Å². The smallest absolute Gasteiger partial charge is 0.0428 e. The minimum absolute atomic E-state index is 0.644. The second-order valence-electron chi connectivity index (χ2n) is 6.08. The third kappa shape index (κ3) is 2.71. The van der Waals surface area contributed by atoms with Gasteiger partial charge in [0.1, 0.15) is 0 Å². The van der Waals surface area contributed by atoms with Crippen LogP contribution in [-0.4, -0.2) is 44.2 Å². The SMILES string of the molecule is CN(C)c1ccc(NC2CCN3CCCCC23)cc1. The Morgan fingerprint density at radius 1 is 1.05 bits per heavy atom. The molecule has 0 spiro atoms. The summed E-state index contributed by atoms with van der Waals surface area (Å²) >= 11 is 0. The van der Waals surface area contributed by atoms with Gasteiger partial charge in [0.05, 0.1) is 0 Å². The molecule has 0 aromatic heterocycles. The van der Waals surface area contributed by atoms with Crippen LogP contribution >= 0.6 is 0 Å². The van der Waals surface area contributed by atoms with Crippen molar-refractivity contribution in [2.45, 2.75) is 37.8 Å². The number of anilines is 2. The van der Waals surface area contributed by atoms with E-state index < -0.39 is 0 Å². The maximum Gasteiger partial charge on any atom is 0.0428 e. The Labute approximate surface area is 116 Å². The Bertz CT molecular complexity index is 413. The van der Waals surface area contributed by atoms with Gasteiger partial charge in [-0.05, 0) is 50.1 Å². The number of nitrogens with zero attached hydrogens (tertiary/aromatic N) is 2. The standard InChI is InChI=1S/C16H25N3/c1-18(2)14-8-6-13(7-9-14)17-15-10-12-19-11-4-3-5-16(15)19/h6-9,15-17H,3-5,10-12H2,1-2H3. The van der Waals surface area contributed by atoms with E-state index >= 15 is 0 Å². The summed E-state index contributed by atoms with van der Waals surface area (Å²) in [5.41, 5.74) is 2.53. The van der Waals surface area contributed by atoms with Gasteiger partial charge in [0.25, 0.3) is 0 Å². The van der Waals surface area contributed by atoms with Crippen LogP contribution in [0.25, 0.3) is 0 Å². The average molecular weight is 259 g/mol. The first-order valence-electron chi connectivity index (χ1n) is 7.52. The maximum atomic E-state index is 3.75. The molecule has 0 radical (unpaired) electrons. The molecule has 104 valence electrons. The average Bonchev–Trinajstić information content (AvgIpc) is 2.83. The lowest BCUT2D eigenvalue weighted by Gasteiger charge is -2.33. The molecule has 0 saturated carbocycles. The van der Waals surface area contributed by atoms with Crippen molar-refractivity contribution in [2.24, 2.45) is 0 Å². The number of fused-ring (bicyclic) bond motifs is 1. The van der Waals surface area contributed by atoms with E-state index in [1.165, 1.54) is 50.1 Å². The molecule has 1 aromatic carbocycles. The van der Waals surface area contributed by atoms with Gasteiger partial charge in [-0.3, -0.25) is 4.90 Å². The molecule has 0 aliphatic carbocycles. The summed E-state index contributed by atoms with van der Waals surface area (Å²) in [7, 11) is 4.17. The number of rotatable bonds is 3. The number of benzene rings is 1. The predicted molar refractivity (Wildman–Crippen MR) is 82.0 cm³/mol. The highest BCUT2D eigenvalue weighted by atomic mass is 15.2. The molecule has 19 heavy (non-hydrogen) atoms. The normalized spacial score (nSPS) is 27.1. The van der Waals surface area contributed by atoms with Gasteiger partial charge in [-0.15, -0.1) is 0 Å². The van der Waals surface area contributed by atoms with E-state index in [9.17, 15) is 0 Å². The zero-order valence-electron chi connectivity index (χ0n) is 12.1. The molecule has 0 amide bonds. The van der Waals surface area contributed by atoms with Gasteiger partial charge in [-0.1, -0.05) is 6.42 Å². The van der Waals surface area contributed by atoms with Gasteiger partial charge in [-0.2, -0.15) is 0 Å². The lowest BCUT2D eigenvalue weighted by Crippen LogP contribution is -2.41. The van der Waals surface area contributed by atoms with Crippen molar-refractivity contribution in [3.05, 3.63) is 24.3 Å². The van der Waals surface area contributed by atoms with Gasteiger partial charge >= 0.3 is 0 Å². The van der Waals surface area contributed by atoms with Gasteiger partial charge in [0.15, 0.2) is 0 Å². The van der Waals surface area contributed by atoms with Crippen LogP contribution in [0, 0.1) is 0 Å². The Kier molecular flexibility index (Phi) is 3.65. The van der Waals surface area contributed by atoms with Crippen molar-refractivity contribution >= 4 is 11.4 Å². The second kappa shape index (κ2) is 5.41. The Morgan fingerprint density at radius 2 is 1.84 bits per heavy atom. The van der Waals surface area contributed by atoms with Crippen molar-refractivity contribution in [1.29, 1.82) is 0 Å². The molecule has 3 rings (SSSR count). The summed E-state index contributed by atoms with van der Waals surface area (Å²) in [6.45, 7) is 2.58. The molecular formula is C16H25N3. The number of hydrogen-bond donors (Lipinski definition) is 1. The molecule has 2 saturated heterocycles. The molecule has 2 aliphatic rings. The Balaban J connectivity index is 1.64. The largest absolute Gasteiger partial charge is 0.381 e. The van der Waals surface area contributed by atoms with Crippen LogP contribution in [0.2, 0.25) is 0 Å². The summed E-state index contributed by atoms with van der Waals surface area (Å²) in [5, 5.41) is 3.75. The van der Waals surface area contributed by atoms with Crippen molar-refractivity contribution < 1.29 is 0 Å². The van der Waals surface area contributed by atoms with Gasteiger partial charge in [0.2, 0.25) is 0 Å². The van der Waals surface area contributed by atoms with Gasteiger partial charge < -0.3 is 10.2 Å². The topological polar surface area (TPSA) is 18.5 Å². The predicted octanol–water partition coefficient (Wildman–Crippen LogP) is 2.79. The van der Waals surface area contributed by atoms with Crippen molar-refractivity contribution in [3.63, 3.8) is 0 Å². The number of piperidine rings is 1. The lowest BCUT2D eigenvalue weighted by molar-refractivity contribution is 0.193. The molecule has 1 aromatic rings. The zero-order chi connectivity index (χ0) is 13.2. The van der Waals surface area contributed by atoms with E-state index in [1.54, 1.807) is 0 Å². The van der Waals surface area contributed by atoms with Crippen LogP contribution in [0.5, 0.6) is 0 Å². The highest BCUT2D eigenvalue weighted by Gasteiger charge is 2.35. The molecule has 3 nitrogen and oxygen atoms in total. The Morgan fingerprint density at radius 3 is 2.58 bits per heavy atom. The molecule has 0 bridgehead atoms. The van der Waals surface area contributed by atoms with Crippen LogP contribution < -0.4 is 10.2 Å². The first-order valence-corrected chi connectivity index (χ1v) is 7.52. The zero-order valence-corrected chi connectivity index (χ0v) is 12.1. The van der Waals surface area contributed by atoms with Gasteiger partial charge in [-0.25, -0.2) is 0 Å². The summed E-state index contributed by atoms with van der Waals surface area (Å²) in [5.74, 6) is 0. The third-order valence-corrected chi connectivity index (χ3v) is 4.59. The second-order valence-corrected chi connectivity index (χ2v) is 6.08. The van der Waals surface area contributed by atoms with Crippen molar-refractivity contribution in [2.75, 3.05) is 37.4 Å². The van der Waals surface area contributed by atoms with Crippen LogP contribution in [-0.2, 0) is 0 Å². The molecule has 2 unspecified atom stereocenters. The van der Waals surface area contributed by atoms with E-state index in [0.717, 1.165) is 6.04 Å². The molecule has 2 fully saturated rings. The molecular weight excluding hydrogens is 234 g/mol. The summed E-state index contributed by atoms with van der Waals surface area (Å²) in [4.78, 5) is 4.82. The molecule has 3 heteroatoms. The minimum Gasteiger partial charge on any atom is -0.381 e. The molecule has 2 atom stereocenters. The fourth-order valence-electron chi connectivity index (χ4n) is 3.49. The van der Waals surface area contributed by atoms with Crippen molar-refractivity contribution in [3.8, 4) is 0 Å². The van der Waals surface area contributed by atoms with Crippen molar-refractivity contribution in [1.82, 2.24) is 4.90 Å². The number of hydrogen-bond acceptors (Lipinski definition) is 3. The highest BCUT2D eigenvalue weighted by molar-refractivity contribution is 5.55. The summed E-state index contributed by atoms with van der Waals surface area (Å²) in [6, 6.07) is 10.2. The number of nitrogens with one attached hydrogen (secondary N) is 1. The van der Waals surface area contributed by atoms with E-state index in [0.29, 0.717) is 6.04 Å². The third-order valence-electron chi connectivity index (χ3n) is 4.59. The first kappa shape index (κ1) is 12.8. The first-order chi connectivity index (χ1) is 9.24. The minimum atomic E-state index is 0.644. The lowest BCUT2D eigenvalue weighted by atomic mass is 9.99. The van der Waals surface area contributed by atoms with E-state index in [1.807, 2.05) is 0 Å². The fraction of sp³-hybridized carbons (Fsp3) is 0.625. The quantitative estimate of drug-likeness (QED) is 0.900. The van der Waals surface area contributed by atoms with Crippen LogP contribution in [0.15, 0.2) is 24.3 Å². The van der Waals surface area contributed by atoms with Gasteiger partial charge in [0, 0.05) is 44.1 Å². The maximum absolute atomic E-state index is 3.75. The Hall–Kier alpha value is -1.22. The summed E-state index contributed by atoms with van der Waals surface area (Å²) in [6.07, 6.45) is 5.45. The van der Waals surface area contributed by atoms with E-state index in [4.69, 9.17) is 0 Å². The summed E-state index contributed by atoms with van der Waals surface area (Å²) < 4.78 is 0. The van der Waals surface area contributed by atoms with E-state index in [-0.39, 0.29) is 0 Å². The van der Waals surface area contributed by atoms with E-state index in [2.05, 4.69) is 53.5 Å². The molecule has 1 N–H and O–H groups in total. The molecule has 2 heterocycles. The molecule has 2 aliphatic heterocycles. The van der Waals surface area contributed by atoms with Crippen LogP contribution in [0.3, 0.4) is 0 Å².